The van der Waals surface area contributed by atoms with E-state index in [1.54, 1.807) is 0 Å². The van der Waals surface area contributed by atoms with Crippen LogP contribution in [0.2, 0.25) is 0 Å². The zero-order valence-corrected chi connectivity index (χ0v) is 7.65. The van der Waals surface area contributed by atoms with E-state index in [1.165, 1.54) is 12.1 Å². The lowest BCUT2D eigenvalue weighted by Gasteiger charge is -2.04. The standard InChI is InChI=1S/C8H6F3NO.ClH/c9-8(10,11)7(13)5-1-3-6(12)4-2-5;/h1-4H,12H2;1H. The summed E-state index contributed by atoms with van der Waals surface area (Å²) in [6.07, 6.45) is -4.82. The Labute approximate surface area is 84.3 Å². The van der Waals surface area contributed by atoms with Gasteiger partial charge in [-0.25, -0.2) is 0 Å². The molecular weight excluding hydrogens is 219 g/mol. The number of carbonyl (C=O) groups excluding carboxylic acids is 1. The molecule has 2 N–H and O–H groups in total. The largest absolute Gasteiger partial charge is 0.454 e. The SMILES string of the molecule is Cl.Nc1ccc(C(=O)C(F)(F)F)cc1. The topological polar surface area (TPSA) is 43.1 Å². The number of hydrogen-bond acceptors (Lipinski definition) is 2. The lowest BCUT2D eigenvalue weighted by atomic mass is 10.1. The van der Waals surface area contributed by atoms with E-state index in [4.69, 9.17) is 5.73 Å². The van der Waals surface area contributed by atoms with Crippen molar-refractivity contribution in [2.45, 2.75) is 6.18 Å². The first-order valence-electron chi connectivity index (χ1n) is 3.38. The van der Waals surface area contributed by atoms with E-state index in [9.17, 15) is 18.0 Å². The van der Waals surface area contributed by atoms with Crippen molar-refractivity contribution in [1.82, 2.24) is 0 Å². The predicted molar refractivity (Wildman–Crippen MR) is 48.5 cm³/mol. The second-order valence-electron chi connectivity index (χ2n) is 2.45. The summed E-state index contributed by atoms with van der Waals surface area (Å²) >= 11 is 0. The Hall–Kier alpha value is -1.23. The van der Waals surface area contributed by atoms with Gasteiger partial charge in [-0.2, -0.15) is 13.2 Å². The summed E-state index contributed by atoms with van der Waals surface area (Å²) in [4.78, 5) is 10.6. The Morgan fingerprint density at radius 1 is 1.14 bits per heavy atom. The Morgan fingerprint density at radius 2 is 1.57 bits per heavy atom. The van der Waals surface area contributed by atoms with E-state index in [0.29, 0.717) is 5.69 Å². The zero-order chi connectivity index (χ0) is 10.1. The molecule has 0 unspecified atom stereocenters. The van der Waals surface area contributed by atoms with E-state index in [2.05, 4.69) is 0 Å². The smallest absolute Gasteiger partial charge is 0.399 e. The Bertz CT molecular complexity index is 320. The molecule has 0 aliphatic rings. The summed E-state index contributed by atoms with van der Waals surface area (Å²) in [6.45, 7) is 0. The van der Waals surface area contributed by atoms with Gasteiger partial charge in [0.15, 0.2) is 0 Å². The monoisotopic (exact) mass is 225 g/mol. The number of rotatable bonds is 1. The molecule has 1 aromatic carbocycles. The highest BCUT2D eigenvalue weighted by Crippen LogP contribution is 2.21. The van der Waals surface area contributed by atoms with Crippen LogP contribution in [-0.2, 0) is 0 Å². The quantitative estimate of drug-likeness (QED) is 0.589. The first-order chi connectivity index (χ1) is 5.91. The molecule has 1 aromatic rings. The molecule has 2 nitrogen and oxygen atoms in total. The molecule has 0 saturated heterocycles. The van der Waals surface area contributed by atoms with Gasteiger partial charge in [0.25, 0.3) is 5.78 Å². The van der Waals surface area contributed by atoms with Crippen LogP contribution in [0.15, 0.2) is 24.3 Å². The van der Waals surface area contributed by atoms with Gasteiger partial charge in [0.05, 0.1) is 0 Å². The van der Waals surface area contributed by atoms with Crippen LogP contribution in [0.25, 0.3) is 0 Å². The maximum absolute atomic E-state index is 11.9. The first-order valence-corrected chi connectivity index (χ1v) is 3.38. The Balaban J connectivity index is 0.00000169. The Kier molecular flexibility index (Phi) is 3.94. The van der Waals surface area contributed by atoms with Crippen molar-refractivity contribution >= 4 is 23.9 Å². The number of hydrogen-bond donors (Lipinski definition) is 1. The normalized spacial score (nSPS) is 10.5. The molecule has 0 spiro atoms. The average molecular weight is 226 g/mol. The van der Waals surface area contributed by atoms with Gasteiger partial charge in [0.1, 0.15) is 0 Å². The highest BCUT2D eigenvalue weighted by Gasteiger charge is 2.38. The van der Waals surface area contributed by atoms with Crippen molar-refractivity contribution in [3.8, 4) is 0 Å². The molecule has 0 fully saturated rings. The minimum absolute atomic E-state index is 0. The fourth-order valence-electron chi connectivity index (χ4n) is 0.798. The highest BCUT2D eigenvalue weighted by atomic mass is 35.5. The maximum atomic E-state index is 11.9. The molecule has 0 aromatic heterocycles. The number of benzene rings is 1. The second-order valence-corrected chi connectivity index (χ2v) is 2.45. The number of Topliss-reactive ketones (excluding diaryl/α,β-unsaturated/α-hetero) is 1. The van der Waals surface area contributed by atoms with E-state index in [1.807, 2.05) is 0 Å². The molecule has 1 rings (SSSR count). The second kappa shape index (κ2) is 4.32. The summed E-state index contributed by atoms with van der Waals surface area (Å²) in [5.41, 5.74) is 5.16. The van der Waals surface area contributed by atoms with Crippen molar-refractivity contribution in [3.63, 3.8) is 0 Å². The van der Waals surface area contributed by atoms with Crippen LogP contribution in [0, 0.1) is 0 Å². The molecule has 0 bridgehead atoms. The first kappa shape index (κ1) is 12.8. The molecule has 6 heteroatoms. The van der Waals surface area contributed by atoms with E-state index >= 15 is 0 Å². The lowest BCUT2D eigenvalue weighted by Crippen LogP contribution is -2.22. The van der Waals surface area contributed by atoms with Crippen LogP contribution in [0.3, 0.4) is 0 Å². The predicted octanol–water partition coefficient (Wildman–Crippen LogP) is 2.44. The molecule has 0 aliphatic heterocycles. The summed E-state index contributed by atoms with van der Waals surface area (Å²) in [5, 5.41) is 0. The summed E-state index contributed by atoms with van der Waals surface area (Å²) in [6, 6.07) is 4.59. The number of carbonyl (C=O) groups is 1. The van der Waals surface area contributed by atoms with Crippen molar-refractivity contribution in [2.75, 3.05) is 5.73 Å². The molecule has 0 heterocycles. The maximum Gasteiger partial charge on any atom is 0.454 e. The van der Waals surface area contributed by atoms with E-state index in [-0.39, 0.29) is 12.4 Å². The molecule has 0 aliphatic carbocycles. The molecule has 0 amide bonds. The molecule has 0 saturated carbocycles. The molecular formula is C8H7ClF3NO. The van der Waals surface area contributed by atoms with Crippen molar-refractivity contribution < 1.29 is 18.0 Å². The van der Waals surface area contributed by atoms with Gasteiger partial charge in [0.2, 0.25) is 0 Å². The van der Waals surface area contributed by atoms with E-state index < -0.39 is 17.5 Å². The van der Waals surface area contributed by atoms with Gasteiger partial charge < -0.3 is 5.73 Å². The molecule has 0 atom stereocenters. The van der Waals surface area contributed by atoms with Crippen molar-refractivity contribution in [3.05, 3.63) is 29.8 Å². The minimum Gasteiger partial charge on any atom is -0.399 e. The van der Waals surface area contributed by atoms with Gasteiger partial charge in [0, 0.05) is 11.3 Å². The molecule has 14 heavy (non-hydrogen) atoms. The van der Waals surface area contributed by atoms with Gasteiger partial charge in [-0.3, -0.25) is 4.79 Å². The van der Waals surface area contributed by atoms with Crippen LogP contribution in [0.1, 0.15) is 10.4 Å². The van der Waals surface area contributed by atoms with E-state index in [0.717, 1.165) is 12.1 Å². The van der Waals surface area contributed by atoms with Gasteiger partial charge in [-0.05, 0) is 24.3 Å². The van der Waals surface area contributed by atoms with Crippen molar-refractivity contribution in [2.24, 2.45) is 0 Å². The fourth-order valence-corrected chi connectivity index (χ4v) is 0.798. The number of halogens is 4. The van der Waals surface area contributed by atoms with Crippen LogP contribution >= 0.6 is 12.4 Å². The fraction of sp³-hybridized carbons (Fsp3) is 0.125. The number of ketones is 1. The van der Waals surface area contributed by atoms with Crippen LogP contribution in [0.5, 0.6) is 0 Å². The van der Waals surface area contributed by atoms with Crippen LogP contribution in [0.4, 0.5) is 18.9 Å². The summed E-state index contributed by atoms with van der Waals surface area (Å²) in [7, 11) is 0. The molecule has 0 radical (unpaired) electrons. The third kappa shape index (κ3) is 2.92. The van der Waals surface area contributed by atoms with Gasteiger partial charge in [-0.1, -0.05) is 0 Å². The zero-order valence-electron chi connectivity index (χ0n) is 6.84. The van der Waals surface area contributed by atoms with Gasteiger partial charge in [-0.15, -0.1) is 12.4 Å². The highest BCUT2D eigenvalue weighted by molar-refractivity contribution is 6.00. The Morgan fingerprint density at radius 3 is 1.93 bits per heavy atom. The molecule has 78 valence electrons. The van der Waals surface area contributed by atoms with Crippen molar-refractivity contribution in [1.29, 1.82) is 0 Å². The number of nitrogen functional groups attached to an aromatic ring is 1. The minimum atomic E-state index is -4.82. The van der Waals surface area contributed by atoms with Crippen LogP contribution < -0.4 is 5.73 Å². The third-order valence-corrected chi connectivity index (χ3v) is 1.43. The third-order valence-electron chi connectivity index (χ3n) is 1.43. The van der Waals surface area contributed by atoms with Crippen LogP contribution in [-0.4, -0.2) is 12.0 Å². The summed E-state index contributed by atoms with van der Waals surface area (Å²) in [5.74, 6) is -1.85. The number of nitrogens with two attached hydrogens (primary N) is 1. The average Bonchev–Trinajstić information content (AvgIpc) is 2.03. The summed E-state index contributed by atoms with van der Waals surface area (Å²) < 4.78 is 35.6. The number of alkyl halides is 3. The lowest BCUT2D eigenvalue weighted by molar-refractivity contribution is -0.0885. The van der Waals surface area contributed by atoms with Gasteiger partial charge >= 0.3 is 6.18 Å². The number of anilines is 1.